The summed E-state index contributed by atoms with van der Waals surface area (Å²) in [6.07, 6.45) is 5.14. The van der Waals surface area contributed by atoms with Gasteiger partial charge in [-0.3, -0.25) is 0 Å². The molecule has 4 nitrogen and oxygen atoms in total. The smallest absolute Gasteiger partial charge is 0.186 e. The Morgan fingerprint density at radius 3 is 2.60 bits per heavy atom. The molecule has 0 unspecified atom stereocenters. The Hall–Kier alpha value is -1.85. The molecule has 0 fully saturated rings. The first-order valence-electron chi connectivity index (χ1n) is 6.42. The average Bonchev–Trinajstić information content (AvgIpc) is 3.02. The van der Waals surface area contributed by atoms with E-state index < -0.39 is 15.1 Å². The summed E-state index contributed by atoms with van der Waals surface area (Å²) in [6, 6.07) is 11.7. The van der Waals surface area contributed by atoms with E-state index in [9.17, 15) is 8.42 Å². The largest absolute Gasteiger partial charge is 0.468 e. The predicted molar refractivity (Wildman–Crippen MR) is 76.0 cm³/mol. The normalized spacial score (nSPS) is 22.8. The molecule has 3 rings (SSSR count). The van der Waals surface area contributed by atoms with Crippen molar-refractivity contribution < 1.29 is 12.8 Å². The monoisotopic (exact) mass is 289 g/mol. The maximum absolute atomic E-state index is 12.8. The van der Waals surface area contributed by atoms with Crippen LogP contribution in [-0.4, -0.2) is 20.2 Å². The predicted octanol–water partition coefficient (Wildman–Crippen LogP) is 2.32. The van der Waals surface area contributed by atoms with E-state index in [1.54, 1.807) is 54.8 Å². The molecule has 2 atom stereocenters. The third-order valence-corrected chi connectivity index (χ3v) is 5.46. The van der Waals surface area contributed by atoms with Crippen LogP contribution in [-0.2, 0) is 9.84 Å². The summed E-state index contributed by atoms with van der Waals surface area (Å²) >= 11 is 0. The van der Waals surface area contributed by atoms with Crippen molar-refractivity contribution in [2.24, 2.45) is 0 Å². The van der Waals surface area contributed by atoms with Gasteiger partial charge in [-0.15, -0.1) is 0 Å². The van der Waals surface area contributed by atoms with Gasteiger partial charge in [-0.1, -0.05) is 30.4 Å². The second-order valence-electron chi connectivity index (χ2n) is 4.65. The number of furan rings is 1. The standard InChI is InChI=1S/C15H15NO3S/c17-20(18,12-6-2-1-3-7-12)14-9-4-10-16-15(14)13-8-5-11-19-13/h1-9,11,14-16H,10H2/t14-,15+/m0/s1. The van der Waals surface area contributed by atoms with Crippen molar-refractivity contribution in [1.82, 2.24) is 5.32 Å². The summed E-state index contributed by atoms with van der Waals surface area (Å²) < 4.78 is 30.9. The molecule has 2 aromatic rings. The Balaban J connectivity index is 2.02. The fraction of sp³-hybridized carbons (Fsp3) is 0.200. The topological polar surface area (TPSA) is 59.3 Å². The molecule has 0 aliphatic carbocycles. The Morgan fingerprint density at radius 1 is 1.10 bits per heavy atom. The molecule has 0 saturated carbocycles. The first-order valence-corrected chi connectivity index (χ1v) is 7.96. The third-order valence-electron chi connectivity index (χ3n) is 3.39. The van der Waals surface area contributed by atoms with Crippen LogP contribution in [0.15, 0.2) is 70.2 Å². The molecule has 0 amide bonds. The molecule has 1 aromatic carbocycles. The number of nitrogens with one attached hydrogen (secondary N) is 1. The Bertz CT molecular complexity index is 690. The van der Waals surface area contributed by atoms with Gasteiger partial charge in [-0.05, 0) is 24.3 Å². The van der Waals surface area contributed by atoms with Crippen LogP contribution in [0.1, 0.15) is 11.8 Å². The van der Waals surface area contributed by atoms with E-state index >= 15 is 0 Å². The van der Waals surface area contributed by atoms with Gasteiger partial charge >= 0.3 is 0 Å². The Morgan fingerprint density at radius 2 is 1.90 bits per heavy atom. The van der Waals surface area contributed by atoms with Crippen LogP contribution in [0.4, 0.5) is 0 Å². The zero-order chi connectivity index (χ0) is 14.0. The number of hydrogen-bond donors (Lipinski definition) is 1. The van der Waals surface area contributed by atoms with E-state index in [1.165, 1.54) is 0 Å². The number of hydrogen-bond acceptors (Lipinski definition) is 4. The van der Waals surface area contributed by atoms with Gasteiger partial charge in [0, 0.05) is 6.54 Å². The van der Waals surface area contributed by atoms with Crippen molar-refractivity contribution in [3.05, 3.63) is 66.6 Å². The van der Waals surface area contributed by atoms with Crippen molar-refractivity contribution in [3.8, 4) is 0 Å². The lowest BCUT2D eigenvalue weighted by Crippen LogP contribution is -2.39. The molecular formula is C15H15NO3S. The van der Waals surface area contributed by atoms with Crippen LogP contribution in [0.5, 0.6) is 0 Å². The lowest BCUT2D eigenvalue weighted by atomic mass is 10.1. The number of benzene rings is 1. The van der Waals surface area contributed by atoms with Crippen molar-refractivity contribution >= 4 is 9.84 Å². The lowest BCUT2D eigenvalue weighted by molar-refractivity contribution is 0.414. The highest BCUT2D eigenvalue weighted by Gasteiger charge is 2.36. The zero-order valence-electron chi connectivity index (χ0n) is 10.8. The minimum atomic E-state index is -3.45. The molecule has 1 N–H and O–H groups in total. The summed E-state index contributed by atoms with van der Waals surface area (Å²) in [5, 5.41) is 2.53. The molecule has 20 heavy (non-hydrogen) atoms. The van der Waals surface area contributed by atoms with Crippen molar-refractivity contribution in [1.29, 1.82) is 0 Å². The number of sulfone groups is 1. The average molecular weight is 289 g/mol. The number of rotatable bonds is 3. The highest BCUT2D eigenvalue weighted by Crippen LogP contribution is 2.30. The molecule has 1 aromatic heterocycles. The summed E-state index contributed by atoms with van der Waals surface area (Å²) in [4.78, 5) is 0.329. The van der Waals surface area contributed by atoms with Crippen molar-refractivity contribution in [2.75, 3.05) is 6.54 Å². The molecule has 1 aliphatic rings. The van der Waals surface area contributed by atoms with Gasteiger partial charge < -0.3 is 9.73 Å². The maximum Gasteiger partial charge on any atom is 0.186 e. The summed E-state index contributed by atoms with van der Waals surface area (Å²) in [6.45, 7) is 0.631. The van der Waals surface area contributed by atoms with E-state index in [1.807, 2.05) is 6.08 Å². The molecule has 2 heterocycles. The molecule has 0 spiro atoms. The van der Waals surface area contributed by atoms with E-state index in [0.29, 0.717) is 17.2 Å². The van der Waals surface area contributed by atoms with E-state index in [-0.39, 0.29) is 6.04 Å². The van der Waals surface area contributed by atoms with E-state index in [0.717, 1.165) is 0 Å². The minimum Gasteiger partial charge on any atom is -0.468 e. The first kappa shape index (κ1) is 13.1. The molecular weight excluding hydrogens is 274 g/mol. The van der Waals surface area contributed by atoms with E-state index in [4.69, 9.17) is 4.42 Å². The van der Waals surface area contributed by atoms with Gasteiger partial charge in [0.15, 0.2) is 9.84 Å². The molecule has 5 heteroatoms. The molecule has 0 bridgehead atoms. The fourth-order valence-electron chi connectivity index (χ4n) is 2.41. The van der Waals surface area contributed by atoms with Crippen LogP contribution in [0.25, 0.3) is 0 Å². The van der Waals surface area contributed by atoms with Crippen molar-refractivity contribution in [2.45, 2.75) is 16.2 Å². The van der Waals surface area contributed by atoms with Crippen LogP contribution in [0, 0.1) is 0 Å². The van der Waals surface area contributed by atoms with Gasteiger partial charge in [0.1, 0.15) is 11.0 Å². The Kier molecular flexibility index (Phi) is 3.46. The third kappa shape index (κ3) is 2.30. The quantitative estimate of drug-likeness (QED) is 0.881. The molecule has 1 aliphatic heterocycles. The van der Waals surface area contributed by atoms with Gasteiger partial charge in [0.25, 0.3) is 0 Å². The lowest BCUT2D eigenvalue weighted by Gasteiger charge is -2.27. The SMILES string of the molecule is O=S(=O)(c1ccccc1)[C@H]1C=CCN[C@@H]1c1ccco1. The molecule has 104 valence electrons. The highest BCUT2D eigenvalue weighted by molar-refractivity contribution is 7.92. The summed E-state index contributed by atoms with van der Waals surface area (Å²) in [7, 11) is -3.45. The maximum atomic E-state index is 12.8. The second kappa shape index (κ2) is 5.26. The van der Waals surface area contributed by atoms with Crippen LogP contribution < -0.4 is 5.32 Å². The molecule has 0 saturated heterocycles. The van der Waals surface area contributed by atoms with Gasteiger partial charge in [0.05, 0.1) is 17.2 Å². The fourth-order valence-corrected chi connectivity index (χ4v) is 4.16. The summed E-state index contributed by atoms with van der Waals surface area (Å²) in [5.41, 5.74) is 0. The Labute approximate surface area is 118 Å². The van der Waals surface area contributed by atoms with Gasteiger partial charge in [-0.25, -0.2) is 8.42 Å². The van der Waals surface area contributed by atoms with Crippen molar-refractivity contribution in [3.63, 3.8) is 0 Å². The minimum absolute atomic E-state index is 0.329. The highest BCUT2D eigenvalue weighted by atomic mass is 32.2. The zero-order valence-corrected chi connectivity index (χ0v) is 11.6. The van der Waals surface area contributed by atoms with Crippen LogP contribution in [0.2, 0.25) is 0 Å². The second-order valence-corrected chi connectivity index (χ2v) is 6.76. The van der Waals surface area contributed by atoms with Crippen LogP contribution >= 0.6 is 0 Å². The molecule has 0 radical (unpaired) electrons. The van der Waals surface area contributed by atoms with Gasteiger partial charge in [-0.2, -0.15) is 0 Å². The summed E-state index contributed by atoms with van der Waals surface area (Å²) in [5.74, 6) is 0.638. The van der Waals surface area contributed by atoms with Crippen LogP contribution in [0.3, 0.4) is 0 Å². The first-order chi connectivity index (χ1) is 9.69. The van der Waals surface area contributed by atoms with E-state index in [2.05, 4.69) is 5.32 Å². The van der Waals surface area contributed by atoms with Gasteiger partial charge in [0.2, 0.25) is 0 Å².